The van der Waals surface area contributed by atoms with Crippen molar-refractivity contribution < 1.29 is 19.1 Å². The number of hydrogen-bond donors (Lipinski definition) is 1. The summed E-state index contributed by atoms with van der Waals surface area (Å²) < 4.78 is 10.8. The van der Waals surface area contributed by atoms with Crippen LogP contribution >= 0.6 is 0 Å². The number of esters is 1. The molecule has 0 fully saturated rings. The molecular formula is C22H27NO4. The van der Waals surface area contributed by atoms with Gasteiger partial charge in [-0.15, -0.1) is 0 Å². The second-order valence-corrected chi connectivity index (χ2v) is 6.53. The van der Waals surface area contributed by atoms with Crippen LogP contribution in [0.4, 0.5) is 5.69 Å². The lowest BCUT2D eigenvalue weighted by molar-refractivity contribution is -0.118. The molecule has 0 aromatic heterocycles. The van der Waals surface area contributed by atoms with Gasteiger partial charge < -0.3 is 14.8 Å². The Morgan fingerprint density at radius 3 is 2.44 bits per heavy atom. The van der Waals surface area contributed by atoms with E-state index in [0.717, 1.165) is 30.4 Å². The number of anilines is 1. The molecule has 0 aliphatic rings. The molecule has 0 saturated heterocycles. The summed E-state index contributed by atoms with van der Waals surface area (Å²) in [5.74, 6) is 0.0966. The molecule has 2 aromatic rings. The molecule has 0 heterocycles. The molecule has 0 saturated carbocycles. The van der Waals surface area contributed by atoms with E-state index in [9.17, 15) is 9.59 Å². The summed E-state index contributed by atoms with van der Waals surface area (Å²) >= 11 is 0. The van der Waals surface area contributed by atoms with Crippen LogP contribution in [0.25, 0.3) is 0 Å². The van der Waals surface area contributed by atoms with Crippen LogP contribution < -0.4 is 10.1 Å². The lowest BCUT2D eigenvalue weighted by Crippen LogP contribution is -2.20. The van der Waals surface area contributed by atoms with Gasteiger partial charge in [0.05, 0.1) is 12.2 Å². The van der Waals surface area contributed by atoms with Gasteiger partial charge in [0, 0.05) is 5.69 Å². The van der Waals surface area contributed by atoms with Crippen molar-refractivity contribution in [3.05, 3.63) is 59.2 Å². The number of nitrogens with one attached hydrogen (secondary N) is 1. The summed E-state index contributed by atoms with van der Waals surface area (Å²) in [6.45, 7) is 6.36. The van der Waals surface area contributed by atoms with Crippen molar-refractivity contribution in [2.24, 2.45) is 0 Å². The molecule has 27 heavy (non-hydrogen) atoms. The molecule has 0 atom stereocenters. The van der Waals surface area contributed by atoms with Crippen molar-refractivity contribution in [3.8, 4) is 5.75 Å². The molecule has 1 amide bonds. The second-order valence-electron chi connectivity index (χ2n) is 6.53. The van der Waals surface area contributed by atoms with Crippen LogP contribution in [0.3, 0.4) is 0 Å². The van der Waals surface area contributed by atoms with E-state index in [1.807, 2.05) is 32.0 Å². The number of hydrogen-bond acceptors (Lipinski definition) is 4. The van der Waals surface area contributed by atoms with E-state index in [1.165, 1.54) is 0 Å². The summed E-state index contributed by atoms with van der Waals surface area (Å²) in [7, 11) is 0. The quantitative estimate of drug-likeness (QED) is 0.515. The summed E-state index contributed by atoms with van der Waals surface area (Å²) in [5.41, 5.74) is 3.13. The molecule has 0 bridgehead atoms. The third-order valence-electron chi connectivity index (χ3n) is 4.09. The Hall–Kier alpha value is -2.82. The van der Waals surface area contributed by atoms with Crippen molar-refractivity contribution in [1.82, 2.24) is 0 Å². The Labute approximate surface area is 160 Å². The smallest absolute Gasteiger partial charge is 0.338 e. The topological polar surface area (TPSA) is 64.6 Å². The Balaban J connectivity index is 1.82. The first kappa shape index (κ1) is 20.5. The molecule has 5 nitrogen and oxygen atoms in total. The van der Waals surface area contributed by atoms with E-state index in [0.29, 0.717) is 23.6 Å². The maximum Gasteiger partial charge on any atom is 0.338 e. The number of ether oxygens (including phenoxy) is 2. The molecule has 0 aliphatic carbocycles. The molecule has 2 rings (SSSR count). The van der Waals surface area contributed by atoms with E-state index >= 15 is 0 Å². The Morgan fingerprint density at radius 1 is 1.00 bits per heavy atom. The molecule has 0 unspecified atom stereocenters. The minimum atomic E-state index is -0.345. The number of carbonyl (C=O) groups excluding carboxylic acids is 2. The highest BCUT2D eigenvalue weighted by molar-refractivity contribution is 5.93. The van der Waals surface area contributed by atoms with Gasteiger partial charge in [-0.1, -0.05) is 31.9 Å². The molecule has 144 valence electrons. The summed E-state index contributed by atoms with van der Waals surface area (Å²) in [6, 6.07) is 12.5. The molecule has 0 radical (unpaired) electrons. The molecule has 5 heteroatoms. The van der Waals surface area contributed by atoms with Crippen LogP contribution in [0.1, 0.15) is 47.7 Å². The van der Waals surface area contributed by atoms with E-state index < -0.39 is 0 Å². The fourth-order valence-electron chi connectivity index (χ4n) is 2.49. The van der Waals surface area contributed by atoms with Crippen LogP contribution in [0, 0.1) is 13.8 Å². The van der Waals surface area contributed by atoms with Crippen molar-refractivity contribution in [1.29, 1.82) is 0 Å². The molecule has 0 spiro atoms. The van der Waals surface area contributed by atoms with Gasteiger partial charge in [0.2, 0.25) is 0 Å². The predicted molar refractivity (Wildman–Crippen MR) is 106 cm³/mol. The number of aryl methyl sites for hydroxylation is 2. The summed E-state index contributed by atoms with van der Waals surface area (Å²) in [4.78, 5) is 24.0. The SMILES string of the molecule is CCCCCOC(=O)c1ccc(NC(=O)COc2cc(C)ccc2C)cc1. The van der Waals surface area contributed by atoms with Crippen LogP contribution in [0.2, 0.25) is 0 Å². The minimum absolute atomic E-state index is 0.0779. The van der Waals surface area contributed by atoms with Crippen LogP contribution in [0.15, 0.2) is 42.5 Å². The third-order valence-corrected chi connectivity index (χ3v) is 4.09. The van der Waals surface area contributed by atoms with Gasteiger partial charge in [-0.2, -0.15) is 0 Å². The lowest BCUT2D eigenvalue weighted by atomic mass is 10.1. The van der Waals surface area contributed by atoms with Gasteiger partial charge in [0.1, 0.15) is 5.75 Å². The van der Waals surface area contributed by atoms with E-state index in [1.54, 1.807) is 24.3 Å². The van der Waals surface area contributed by atoms with Gasteiger partial charge in [-0.3, -0.25) is 4.79 Å². The zero-order valence-electron chi connectivity index (χ0n) is 16.2. The van der Waals surface area contributed by atoms with Gasteiger partial charge >= 0.3 is 5.97 Å². The van der Waals surface area contributed by atoms with Crippen LogP contribution in [0.5, 0.6) is 5.75 Å². The number of rotatable bonds is 9. The second kappa shape index (κ2) is 10.4. The molecule has 0 aliphatic heterocycles. The van der Waals surface area contributed by atoms with E-state index in [-0.39, 0.29) is 18.5 Å². The monoisotopic (exact) mass is 369 g/mol. The number of unbranched alkanes of at least 4 members (excludes halogenated alkanes) is 2. The van der Waals surface area contributed by atoms with Crippen molar-refractivity contribution in [2.75, 3.05) is 18.5 Å². The zero-order valence-corrected chi connectivity index (χ0v) is 16.2. The zero-order chi connectivity index (χ0) is 19.6. The maximum absolute atomic E-state index is 12.1. The Morgan fingerprint density at radius 2 is 1.74 bits per heavy atom. The highest BCUT2D eigenvalue weighted by atomic mass is 16.5. The maximum atomic E-state index is 12.1. The lowest BCUT2D eigenvalue weighted by Gasteiger charge is -2.10. The third kappa shape index (κ3) is 6.77. The average Bonchev–Trinajstić information content (AvgIpc) is 2.66. The van der Waals surface area contributed by atoms with Crippen molar-refractivity contribution in [3.63, 3.8) is 0 Å². The largest absolute Gasteiger partial charge is 0.483 e. The van der Waals surface area contributed by atoms with Gasteiger partial charge in [-0.25, -0.2) is 4.79 Å². The fourth-order valence-corrected chi connectivity index (χ4v) is 2.49. The number of amides is 1. The van der Waals surface area contributed by atoms with Crippen molar-refractivity contribution >= 4 is 17.6 Å². The first-order chi connectivity index (χ1) is 13.0. The first-order valence-corrected chi connectivity index (χ1v) is 9.26. The highest BCUT2D eigenvalue weighted by Gasteiger charge is 2.09. The van der Waals surface area contributed by atoms with Crippen LogP contribution in [-0.2, 0) is 9.53 Å². The molecular weight excluding hydrogens is 342 g/mol. The van der Waals surface area contributed by atoms with Gasteiger partial charge in [0.25, 0.3) is 5.91 Å². The Bertz CT molecular complexity index is 768. The first-order valence-electron chi connectivity index (χ1n) is 9.26. The fraction of sp³-hybridized carbons (Fsp3) is 0.364. The molecule has 2 aromatic carbocycles. The van der Waals surface area contributed by atoms with E-state index in [2.05, 4.69) is 12.2 Å². The van der Waals surface area contributed by atoms with Gasteiger partial charge in [-0.05, 0) is 61.7 Å². The summed E-state index contributed by atoms with van der Waals surface area (Å²) in [6.07, 6.45) is 3.00. The van der Waals surface area contributed by atoms with Gasteiger partial charge in [0.15, 0.2) is 6.61 Å². The number of carbonyl (C=O) groups is 2. The van der Waals surface area contributed by atoms with E-state index in [4.69, 9.17) is 9.47 Å². The molecule has 1 N–H and O–H groups in total. The average molecular weight is 369 g/mol. The number of benzene rings is 2. The Kier molecular flexibility index (Phi) is 7.86. The highest BCUT2D eigenvalue weighted by Crippen LogP contribution is 2.19. The predicted octanol–water partition coefficient (Wildman–Crippen LogP) is 4.67. The standard InChI is InChI=1S/C22H27NO4/c1-4-5-6-13-26-22(25)18-9-11-19(12-10-18)23-21(24)15-27-20-14-16(2)7-8-17(20)3/h7-12,14H,4-6,13,15H2,1-3H3,(H,23,24). The minimum Gasteiger partial charge on any atom is -0.483 e. The summed E-state index contributed by atoms with van der Waals surface area (Å²) in [5, 5.41) is 2.76. The van der Waals surface area contributed by atoms with Crippen LogP contribution in [-0.4, -0.2) is 25.1 Å². The van der Waals surface area contributed by atoms with Crippen molar-refractivity contribution in [2.45, 2.75) is 40.0 Å². The normalized spacial score (nSPS) is 10.3.